The predicted octanol–water partition coefficient (Wildman–Crippen LogP) is 1.87. The molecule has 0 fully saturated rings. The second kappa shape index (κ2) is 5.83. The topological polar surface area (TPSA) is 77.1 Å². The van der Waals surface area contributed by atoms with Gasteiger partial charge in [-0.1, -0.05) is 19.9 Å². The lowest BCUT2D eigenvalue weighted by molar-refractivity contribution is 0.694. The Morgan fingerprint density at radius 3 is 2.78 bits per heavy atom. The van der Waals surface area contributed by atoms with Gasteiger partial charge in [-0.25, -0.2) is 9.50 Å². The van der Waals surface area contributed by atoms with Crippen molar-refractivity contribution in [1.82, 2.24) is 24.1 Å². The molecule has 0 aliphatic heterocycles. The van der Waals surface area contributed by atoms with Crippen molar-refractivity contribution in [2.24, 2.45) is 7.05 Å². The number of rotatable bonds is 4. The molecule has 0 bridgehead atoms. The van der Waals surface area contributed by atoms with E-state index in [1.54, 1.807) is 17.8 Å². The lowest BCUT2D eigenvalue weighted by atomic mass is 10.2. The Hall–Kier alpha value is -2.70. The molecule has 3 heterocycles. The van der Waals surface area contributed by atoms with Crippen molar-refractivity contribution in [3.8, 4) is 0 Å². The number of hydrogen-bond donors (Lipinski definition) is 1. The number of hydrogen-bond acceptors (Lipinski definition) is 5. The van der Waals surface area contributed by atoms with Gasteiger partial charge in [-0.15, -0.1) is 5.10 Å². The van der Waals surface area contributed by atoms with Crippen LogP contribution in [0.1, 0.15) is 37.0 Å². The average molecular weight is 312 g/mol. The van der Waals surface area contributed by atoms with E-state index in [9.17, 15) is 4.79 Å². The standard InChI is InChI=1S/C16H20N6O/c1-10(2)14-17-9-13-15(23)21(4)16(20-22(13)14)18-8-12-7-5-6-11(3)19-12/h5-7,9-10H,8H2,1-4H3,(H,18,20). The minimum atomic E-state index is -0.126. The van der Waals surface area contributed by atoms with Crippen LogP contribution in [0.2, 0.25) is 0 Å². The maximum absolute atomic E-state index is 12.5. The normalized spacial score (nSPS) is 11.3. The molecule has 0 aromatic carbocycles. The van der Waals surface area contributed by atoms with E-state index in [1.807, 2.05) is 39.0 Å². The summed E-state index contributed by atoms with van der Waals surface area (Å²) in [7, 11) is 1.70. The van der Waals surface area contributed by atoms with Crippen LogP contribution in [-0.2, 0) is 13.6 Å². The molecule has 1 N–H and O–H groups in total. The first-order chi connectivity index (χ1) is 11.0. The molecule has 3 aromatic heterocycles. The molecule has 3 rings (SSSR count). The largest absolute Gasteiger partial charge is 0.349 e. The summed E-state index contributed by atoms with van der Waals surface area (Å²) < 4.78 is 3.12. The zero-order valence-electron chi connectivity index (χ0n) is 13.7. The average Bonchev–Trinajstić information content (AvgIpc) is 2.93. The minimum absolute atomic E-state index is 0.126. The first-order valence-corrected chi connectivity index (χ1v) is 7.58. The maximum Gasteiger partial charge on any atom is 0.280 e. The fourth-order valence-electron chi connectivity index (χ4n) is 2.46. The quantitative estimate of drug-likeness (QED) is 0.796. The molecular formula is C16H20N6O. The third-order valence-corrected chi connectivity index (χ3v) is 3.69. The van der Waals surface area contributed by atoms with Crippen molar-refractivity contribution >= 4 is 11.5 Å². The van der Waals surface area contributed by atoms with Gasteiger partial charge in [0.1, 0.15) is 5.82 Å². The number of fused-ring (bicyclic) bond motifs is 1. The molecule has 120 valence electrons. The van der Waals surface area contributed by atoms with Crippen molar-refractivity contribution in [3.05, 3.63) is 52.0 Å². The van der Waals surface area contributed by atoms with E-state index >= 15 is 0 Å². The summed E-state index contributed by atoms with van der Waals surface area (Å²) in [5.41, 5.74) is 2.21. The Labute approximate surface area is 134 Å². The van der Waals surface area contributed by atoms with E-state index in [0.717, 1.165) is 17.2 Å². The molecule has 0 saturated heterocycles. The van der Waals surface area contributed by atoms with Crippen molar-refractivity contribution < 1.29 is 0 Å². The highest BCUT2D eigenvalue weighted by molar-refractivity contribution is 5.45. The highest BCUT2D eigenvalue weighted by Crippen LogP contribution is 2.13. The second-order valence-electron chi connectivity index (χ2n) is 5.88. The number of nitrogens with zero attached hydrogens (tertiary/aromatic N) is 5. The van der Waals surface area contributed by atoms with Crippen molar-refractivity contribution in [3.63, 3.8) is 0 Å². The number of anilines is 1. The molecule has 0 saturated carbocycles. The zero-order chi connectivity index (χ0) is 16.6. The van der Waals surface area contributed by atoms with Gasteiger partial charge in [0, 0.05) is 18.7 Å². The van der Waals surface area contributed by atoms with Crippen molar-refractivity contribution in [1.29, 1.82) is 0 Å². The number of nitrogens with one attached hydrogen (secondary N) is 1. The fraction of sp³-hybridized carbons (Fsp3) is 0.375. The third kappa shape index (κ3) is 2.81. The molecule has 0 radical (unpaired) electrons. The first kappa shape index (κ1) is 15.2. The van der Waals surface area contributed by atoms with Gasteiger partial charge in [0.2, 0.25) is 5.95 Å². The van der Waals surface area contributed by atoms with Crippen LogP contribution in [0, 0.1) is 6.92 Å². The molecule has 0 unspecified atom stereocenters. The van der Waals surface area contributed by atoms with E-state index in [0.29, 0.717) is 18.0 Å². The Balaban J connectivity index is 1.98. The Morgan fingerprint density at radius 1 is 1.30 bits per heavy atom. The van der Waals surface area contributed by atoms with E-state index in [1.165, 1.54) is 4.57 Å². The molecule has 0 aliphatic rings. The Kier molecular flexibility index (Phi) is 3.85. The summed E-state index contributed by atoms with van der Waals surface area (Å²) in [4.78, 5) is 21.2. The SMILES string of the molecule is Cc1cccc(CNc2nn3c(C(C)C)ncc3c(=O)n2C)n1. The van der Waals surface area contributed by atoms with E-state index in [4.69, 9.17) is 0 Å². The van der Waals surface area contributed by atoms with E-state index < -0.39 is 0 Å². The molecule has 0 amide bonds. The van der Waals surface area contributed by atoms with Crippen LogP contribution in [0.5, 0.6) is 0 Å². The highest BCUT2D eigenvalue weighted by atomic mass is 16.1. The lowest BCUT2D eigenvalue weighted by Crippen LogP contribution is -2.25. The molecular weight excluding hydrogens is 292 g/mol. The minimum Gasteiger partial charge on any atom is -0.349 e. The van der Waals surface area contributed by atoms with E-state index in [2.05, 4.69) is 20.4 Å². The van der Waals surface area contributed by atoms with Gasteiger partial charge >= 0.3 is 0 Å². The maximum atomic E-state index is 12.5. The summed E-state index contributed by atoms with van der Waals surface area (Å²) in [5, 5.41) is 7.72. The Bertz CT molecular complexity index is 909. The van der Waals surface area contributed by atoms with Crippen LogP contribution < -0.4 is 10.9 Å². The van der Waals surface area contributed by atoms with Crippen LogP contribution in [0.4, 0.5) is 5.95 Å². The van der Waals surface area contributed by atoms with Crippen LogP contribution in [-0.4, -0.2) is 24.1 Å². The number of aromatic nitrogens is 5. The third-order valence-electron chi connectivity index (χ3n) is 3.69. The monoisotopic (exact) mass is 312 g/mol. The lowest BCUT2D eigenvalue weighted by Gasteiger charge is -2.11. The molecule has 23 heavy (non-hydrogen) atoms. The highest BCUT2D eigenvalue weighted by Gasteiger charge is 2.14. The first-order valence-electron chi connectivity index (χ1n) is 7.58. The summed E-state index contributed by atoms with van der Waals surface area (Å²) in [6.45, 7) is 6.50. The van der Waals surface area contributed by atoms with Crippen LogP contribution in [0.3, 0.4) is 0 Å². The molecule has 0 spiro atoms. The predicted molar refractivity (Wildman–Crippen MR) is 88.6 cm³/mol. The Morgan fingerprint density at radius 2 is 2.09 bits per heavy atom. The van der Waals surface area contributed by atoms with Gasteiger partial charge in [-0.2, -0.15) is 0 Å². The van der Waals surface area contributed by atoms with Gasteiger partial charge in [-0.05, 0) is 19.1 Å². The summed E-state index contributed by atoms with van der Waals surface area (Å²) in [6.07, 6.45) is 1.58. The van der Waals surface area contributed by atoms with Crippen molar-refractivity contribution in [2.45, 2.75) is 33.2 Å². The van der Waals surface area contributed by atoms with Crippen LogP contribution in [0.15, 0.2) is 29.2 Å². The van der Waals surface area contributed by atoms with Gasteiger partial charge < -0.3 is 5.32 Å². The van der Waals surface area contributed by atoms with Crippen LogP contribution >= 0.6 is 0 Å². The molecule has 7 heteroatoms. The molecule has 0 aliphatic carbocycles. The molecule has 7 nitrogen and oxygen atoms in total. The number of imidazole rings is 1. The van der Waals surface area contributed by atoms with Gasteiger partial charge in [0.15, 0.2) is 5.52 Å². The van der Waals surface area contributed by atoms with E-state index in [-0.39, 0.29) is 11.5 Å². The number of aryl methyl sites for hydroxylation is 1. The fourth-order valence-corrected chi connectivity index (χ4v) is 2.46. The molecule has 0 atom stereocenters. The van der Waals surface area contributed by atoms with Gasteiger partial charge in [0.05, 0.1) is 18.4 Å². The van der Waals surface area contributed by atoms with Crippen LogP contribution in [0.25, 0.3) is 5.52 Å². The summed E-state index contributed by atoms with van der Waals surface area (Å²) >= 11 is 0. The molecule has 3 aromatic rings. The second-order valence-corrected chi connectivity index (χ2v) is 5.88. The zero-order valence-corrected chi connectivity index (χ0v) is 13.7. The van der Waals surface area contributed by atoms with Gasteiger partial charge in [0.25, 0.3) is 5.56 Å². The van der Waals surface area contributed by atoms with Gasteiger partial charge in [-0.3, -0.25) is 14.3 Å². The summed E-state index contributed by atoms with van der Waals surface area (Å²) in [6, 6.07) is 5.85. The van der Waals surface area contributed by atoms with Crippen molar-refractivity contribution in [2.75, 3.05) is 5.32 Å². The number of pyridine rings is 1. The smallest absolute Gasteiger partial charge is 0.280 e. The summed E-state index contributed by atoms with van der Waals surface area (Å²) in [5.74, 6) is 1.45.